The first-order valence-corrected chi connectivity index (χ1v) is 5.70. The van der Waals surface area contributed by atoms with Crippen LogP contribution in [0.3, 0.4) is 0 Å². The fourth-order valence-electron chi connectivity index (χ4n) is 0.919. The van der Waals surface area contributed by atoms with Crippen molar-refractivity contribution in [3.8, 4) is 0 Å². The van der Waals surface area contributed by atoms with Crippen molar-refractivity contribution >= 4 is 21.6 Å². The zero-order valence-corrected chi connectivity index (χ0v) is 7.57. The summed E-state index contributed by atoms with van der Waals surface area (Å²) in [4.78, 5) is 1.63. The Morgan fingerprint density at radius 3 is 2.56 bits per heavy atom. The van der Waals surface area contributed by atoms with Gasteiger partial charge >= 0.3 is 0 Å². The Hall–Kier alpha value is 0.440. The molecule has 0 aliphatic carbocycles. The quantitative estimate of drug-likeness (QED) is 0.567. The molecule has 0 N–H and O–H groups in total. The van der Waals surface area contributed by atoms with Crippen LogP contribution < -0.4 is 0 Å². The van der Waals surface area contributed by atoms with Gasteiger partial charge in [-0.1, -0.05) is 35.4 Å². The van der Waals surface area contributed by atoms with E-state index >= 15 is 0 Å². The van der Waals surface area contributed by atoms with Gasteiger partial charge in [-0.3, -0.25) is 0 Å². The molecule has 0 nitrogen and oxygen atoms in total. The van der Waals surface area contributed by atoms with Crippen molar-refractivity contribution in [1.82, 2.24) is 0 Å². The first-order chi connectivity index (χ1) is 4.38. The number of allylic oxidation sites excluding steroid dienone is 1. The van der Waals surface area contributed by atoms with Gasteiger partial charge in [-0.2, -0.15) is 0 Å². The van der Waals surface area contributed by atoms with Crippen LogP contribution in [0.15, 0.2) is 10.5 Å². The van der Waals surface area contributed by atoms with E-state index in [1.807, 2.05) is 21.6 Å². The van der Waals surface area contributed by atoms with E-state index in [0.717, 1.165) is 0 Å². The van der Waals surface area contributed by atoms with Crippen LogP contribution in [0, 0.1) is 0 Å². The molecule has 0 unspecified atom stereocenters. The lowest BCUT2D eigenvalue weighted by molar-refractivity contribution is 1.06. The highest BCUT2D eigenvalue weighted by Gasteiger charge is 2.11. The van der Waals surface area contributed by atoms with Crippen LogP contribution in [0.5, 0.6) is 0 Å². The van der Waals surface area contributed by atoms with Crippen LogP contribution in [0.1, 0.15) is 26.7 Å². The van der Waals surface area contributed by atoms with Crippen molar-refractivity contribution in [3.05, 3.63) is 10.5 Å². The second-order valence-corrected chi connectivity index (χ2v) is 4.47. The molecule has 1 heterocycles. The molecule has 0 aromatic carbocycles. The predicted octanol–water partition coefficient (Wildman–Crippen LogP) is 3.46. The van der Waals surface area contributed by atoms with Crippen LogP contribution >= 0.6 is 21.6 Å². The highest BCUT2D eigenvalue weighted by Crippen LogP contribution is 2.43. The highest BCUT2D eigenvalue weighted by molar-refractivity contribution is 8.78. The van der Waals surface area contributed by atoms with Gasteiger partial charge in [-0.15, -0.1) is 0 Å². The Balaban J connectivity index is 2.59. The average Bonchev–Trinajstić information content (AvgIpc) is 2.33. The van der Waals surface area contributed by atoms with Gasteiger partial charge in [-0.05, 0) is 23.3 Å². The molecule has 9 heavy (non-hydrogen) atoms. The first-order valence-electron chi connectivity index (χ1n) is 3.38. The molecule has 52 valence electrons. The Morgan fingerprint density at radius 1 is 1.33 bits per heavy atom. The van der Waals surface area contributed by atoms with E-state index in [1.165, 1.54) is 18.6 Å². The minimum Gasteiger partial charge on any atom is -0.0848 e. The fraction of sp³-hybridized carbons (Fsp3) is 0.714. The van der Waals surface area contributed by atoms with E-state index in [4.69, 9.17) is 0 Å². The van der Waals surface area contributed by atoms with Crippen LogP contribution in [0.2, 0.25) is 0 Å². The van der Waals surface area contributed by atoms with Gasteiger partial charge in [0, 0.05) is 5.75 Å². The van der Waals surface area contributed by atoms with E-state index in [1.54, 1.807) is 10.5 Å². The van der Waals surface area contributed by atoms with Crippen molar-refractivity contribution in [2.24, 2.45) is 0 Å². The summed E-state index contributed by atoms with van der Waals surface area (Å²) in [6, 6.07) is 0. The van der Waals surface area contributed by atoms with Gasteiger partial charge in [-0.25, -0.2) is 0 Å². The third-order valence-corrected chi connectivity index (χ3v) is 4.21. The Morgan fingerprint density at radius 2 is 2.11 bits per heavy atom. The highest BCUT2D eigenvalue weighted by atomic mass is 33.1. The van der Waals surface area contributed by atoms with Crippen LogP contribution in [-0.2, 0) is 0 Å². The van der Waals surface area contributed by atoms with Crippen molar-refractivity contribution in [1.29, 1.82) is 0 Å². The van der Waals surface area contributed by atoms with Crippen molar-refractivity contribution in [3.63, 3.8) is 0 Å². The molecule has 0 radical (unpaired) electrons. The number of hydrogen-bond donors (Lipinski definition) is 0. The monoisotopic (exact) mass is 160 g/mol. The summed E-state index contributed by atoms with van der Waals surface area (Å²) >= 11 is 0. The molecule has 0 spiro atoms. The molecule has 0 aromatic heterocycles. The largest absolute Gasteiger partial charge is 0.0848 e. The lowest BCUT2D eigenvalue weighted by Crippen LogP contribution is -1.81. The maximum Gasteiger partial charge on any atom is 0.0261 e. The van der Waals surface area contributed by atoms with E-state index in [2.05, 4.69) is 13.8 Å². The first kappa shape index (κ1) is 7.55. The smallest absolute Gasteiger partial charge is 0.0261 e. The normalized spacial score (nSPS) is 19.3. The third-order valence-electron chi connectivity index (χ3n) is 1.53. The molecule has 0 bridgehead atoms. The second-order valence-electron chi connectivity index (χ2n) is 2.08. The maximum atomic E-state index is 2.25. The van der Waals surface area contributed by atoms with E-state index in [-0.39, 0.29) is 0 Å². The standard InChI is InChI=1S/C7H12S2/c1-3-6-5-8-9-7(6)4-2/h3-5H2,1-2H3. The van der Waals surface area contributed by atoms with Crippen LogP contribution in [-0.4, -0.2) is 5.75 Å². The molecule has 1 aliphatic heterocycles. The summed E-state index contributed by atoms with van der Waals surface area (Å²) < 4.78 is 0. The summed E-state index contributed by atoms with van der Waals surface area (Å²) in [6.45, 7) is 4.49. The molecule has 1 rings (SSSR count). The molecule has 2 heteroatoms. The summed E-state index contributed by atoms with van der Waals surface area (Å²) in [5, 5.41) is 0. The SMILES string of the molecule is CCC1=C(CC)SSC1. The maximum absolute atomic E-state index is 2.25. The Bertz CT molecular complexity index is 113. The molecule has 0 saturated carbocycles. The summed E-state index contributed by atoms with van der Waals surface area (Å²) in [6.07, 6.45) is 2.49. The molecule has 0 amide bonds. The summed E-state index contributed by atoms with van der Waals surface area (Å²) in [7, 11) is 3.95. The molecular formula is C7H12S2. The van der Waals surface area contributed by atoms with Crippen LogP contribution in [0.4, 0.5) is 0 Å². The van der Waals surface area contributed by atoms with Crippen molar-refractivity contribution in [2.75, 3.05) is 5.75 Å². The minimum absolute atomic E-state index is 1.24. The zero-order valence-electron chi connectivity index (χ0n) is 5.94. The number of rotatable bonds is 2. The predicted molar refractivity (Wildman–Crippen MR) is 47.7 cm³/mol. The second kappa shape index (κ2) is 3.57. The summed E-state index contributed by atoms with van der Waals surface area (Å²) in [5.74, 6) is 1.27. The molecule has 1 aliphatic rings. The van der Waals surface area contributed by atoms with Gasteiger partial charge in [0.05, 0.1) is 0 Å². The van der Waals surface area contributed by atoms with Crippen LogP contribution in [0.25, 0.3) is 0 Å². The average molecular weight is 160 g/mol. The molecule has 0 saturated heterocycles. The fourth-order valence-corrected chi connectivity index (χ4v) is 3.92. The van der Waals surface area contributed by atoms with Gasteiger partial charge in [0.15, 0.2) is 0 Å². The lowest BCUT2D eigenvalue weighted by Gasteiger charge is -1.96. The third kappa shape index (κ3) is 1.68. The van der Waals surface area contributed by atoms with Gasteiger partial charge in [0.25, 0.3) is 0 Å². The van der Waals surface area contributed by atoms with E-state index < -0.39 is 0 Å². The number of hydrogen-bond acceptors (Lipinski definition) is 2. The van der Waals surface area contributed by atoms with Gasteiger partial charge in [0.2, 0.25) is 0 Å². The minimum atomic E-state index is 1.24. The zero-order chi connectivity index (χ0) is 6.69. The summed E-state index contributed by atoms with van der Waals surface area (Å²) in [5.41, 5.74) is 1.67. The lowest BCUT2D eigenvalue weighted by atomic mass is 10.2. The Labute approximate surface area is 64.9 Å². The van der Waals surface area contributed by atoms with E-state index in [9.17, 15) is 0 Å². The Kier molecular flexibility index (Phi) is 2.99. The van der Waals surface area contributed by atoms with Crippen molar-refractivity contribution < 1.29 is 0 Å². The molecular weight excluding hydrogens is 148 g/mol. The topological polar surface area (TPSA) is 0 Å². The van der Waals surface area contributed by atoms with E-state index in [0.29, 0.717) is 0 Å². The molecule has 0 atom stereocenters. The molecule has 0 aromatic rings. The molecule has 0 fully saturated rings. The van der Waals surface area contributed by atoms with Crippen molar-refractivity contribution in [2.45, 2.75) is 26.7 Å². The van der Waals surface area contributed by atoms with Gasteiger partial charge < -0.3 is 0 Å². The van der Waals surface area contributed by atoms with Gasteiger partial charge in [0.1, 0.15) is 0 Å².